The summed E-state index contributed by atoms with van der Waals surface area (Å²) in [6.07, 6.45) is 1.65. The maximum atomic E-state index is 12.6. The van der Waals surface area contributed by atoms with E-state index < -0.39 is 0 Å². The fourth-order valence-electron chi connectivity index (χ4n) is 2.97. The van der Waals surface area contributed by atoms with Crippen LogP contribution in [0.25, 0.3) is 10.9 Å². The lowest BCUT2D eigenvalue weighted by Gasteiger charge is -2.25. The average Bonchev–Trinajstić information content (AvgIpc) is 2.46. The van der Waals surface area contributed by atoms with Crippen LogP contribution in [0.2, 0.25) is 0 Å². The molecule has 0 spiro atoms. The van der Waals surface area contributed by atoms with Gasteiger partial charge in [0.05, 0.1) is 10.9 Å². The van der Waals surface area contributed by atoms with Crippen molar-refractivity contribution in [2.45, 2.75) is 25.8 Å². The maximum Gasteiger partial charge on any atom is 0.331 e. The fraction of sp³-hybridized carbons (Fsp3) is 0.467. The van der Waals surface area contributed by atoms with Gasteiger partial charge in [0.2, 0.25) is 0 Å². The second-order valence-electron chi connectivity index (χ2n) is 5.52. The molecule has 0 aliphatic carbocycles. The normalized spacial score (nSPS) is 16.7. The molecule has 1 N–H and O–H groups in total. The Labute approximate surface area is 116 Å². The van der Waals surface area contributed by atoms with E-state index in [-0.39, 0.29) is 17.3 Å². The maximum absolute atomic E-state index is 12.6. The molecule has 0 saturated carbocycles. The number of nitrogens with one attached hydrogen (secondary N) is 1. The minimum Gasteiger partial charge on any atom is -0.317 e. The molecule has 1 aromatic heterocycles. The molecule has 1 fully saturated rings. The van der Waals surface area contributed by atoms with Gasteiger partial charge in [-0.05, 0) is 50.6 Å². The van der Waals surface area contributed by atoms with Gasteiger partial charge < -0.3 is 5.32 Å². The number of nitrogens with zero attached hydrogens (tertiary/aromatic N) is 2. The molecule has 0 radical (unpaired) electrons. The molecule has 20 heavy (non-hydrogen) atoms. The second kappa shape index (κ2) is 4.90. The van der Waals surface area contributed by atoms with Crippen molar-refractivity contribution in [3.05, 3.63) is 44.6 Å². The summed E-state index contributed by atoms with van der Waals surface area (Å²) in [4.78, 5) is 25.2. The molecular weight excluding hydrogens is 254 g/mol. The van der Waals surface area contributed by atoms with E-state index in [9.17, 15) is 9.59 Å². The van der Waals surface area contributed by atoms with Gasteiger partial charge in [0.25, 0.3) is 5.56 Å². The predicted octanol–water partition coefficient (Wildman–Crippen LogP) is 0.933. The van der Waals surface area contributed by atoms with Crippen molar-refractivity contribution in [2.75, 3.05) is 13.1 Å². The summed E-state index contributed by atoms with van der Waals surface area (Å²) in [6.45, 7) is 3.67. The first-order valence-corrected chi connectivity index (χ1v) is 7.02. The van der Waals surface area contributed by atoms with Gasteiger partial charge >= 0.3 is 5.69 Å². The van der Waals surface area contributed by atoms with Crippen LogP contribution in [0.4, 0.5) is 0 Å². The van der Waals surface area contributed by atoms with Crippen molar-refractivity contribution in [1.82, 2.24) is 14.5 Å². The van der Waals surface area contributed by atoms with E-state index in [0.717, 1.165) is 31.5 Å². The van der Waals surface area contributed by atoms with Gasteiger partial charge in [-0.25, -0.2) is 4.79 Å². The zero-order valence-corrected chi connectivity index (χ0v) is 11.8. The Bertz CT molecular complexity index is 767. The minimum absolute atomic E-state index is 0.00755. The minimum atomic E-state index is -0.208. The third-order valence-electron chi connectivity index (χ3n) is 4.13. The molecular formula is C15H19N3O2. The molecule has 0 atom stereocenters. The highest BCUT2D eigenvalue weighted by atomic mass is 16.2. The second-order valence-corrected chi connectivity index (χ2v) is 5.52. The first-order valence-electron chi connectivity index (χ1n) is 7.02. The molecule has 5 heteroatoms. The number of fused-ring (bicyclic) bond motifs is 1. The van der Waals surface area contributed by atoms with Crippen LogP contribution < -0.4 is 16.6 Å². The summed E-state index contributed by atoms with van der Waals surface area (Å²) in [6, 6.07) is 5.64. The molecule has 1 saturated heterocycles. The van der Waals surface area contributed by atoms with Crippen LogP contribution in [0, 0.1) is 6.92 Å². The Kier molecular flexibility index (Phi) is 3.22. The predicted molar refractivity (Wildman–Crippen MR) is 79.3 cm³/mol. The van der Waals surface area contributed by atoms with Crippen LogP contribution in [-0.4, -0.2) is 22.2 Å². The molecule has 5 nitrogen and oxygen atoms in total. The Morgan fingerprint density at radius 3 is 2.60 bits per heavy atom. The number of rotatable bonds is 1. The van der Waals surface area contributed by atoms with Gasteiger partial charge in [0, 0.05) is 13.1 Å². The molecule has 0 unspecified atom stereocenters. The first-order chi connectivity index (χ1) is 9.59. The largest absolute Gasteiger partial charge is 0.331 e. The van der Waals surface area contributed by atoms with E-state index in [0.29, 0.717) is 10.9 Å². The van der Waals surface area contributed by atoms with Crippen LogP contribution in [0.5, 0.6) is 0 Å². The lowest BCUT2D eigenvalue weighted by molar-refractivity contribution is 0.347. The zero-order valence-electron chi connectivity index (χ0n) is 11.8. The summed E-state index contributed by atoms with van der Waals surface area (Å²) < 4.78 is 3.03. The van der Waals surface area contributed by atoms with E-state index >= 15 is 0 Å². The number of hydrogen-bond acceptors (Lipinski definition) is 3. The molecule has 0 bridgehead atoms. The van der Waals surface area contributed by atoms with E-state index in [4.69, 9.17) is 0 Å². The Morgan fingerprint density at radius 1 is 1.20 bits per heavy atom. The van der Waals surface area contributed by atoms with Crippen molar-refractivity contribution in [2.24, 2.45) is 7.05 Å². The topological polar surface area (TPSA) is 56.0 Å². The van der Waals surface area contributed by atoms with Crippen molar-refractivity contribution < 1.29 is 0 Å². The summed E-state index contributed by atoms with van der Waals surface area (Å²) in [5.74, 6) is 0. The molecule has 106 valence electrons. The van der Waals surface area contributed by atoms with E-state index in [2.05, 4.69) is 5.32 Å². The first kappa shape index (κ1) is 13.1. The molecule has 3 rings (SSSR count). The number of hydrogen-bond donors (Lipinski definition) is 1. The third-order valence-corrected chi connectivity index (χ3v) is 4.13. The lowest BCUT2D eigenvalue weighted by Crippen LogP contribution is -2.44. The standard InChI is InChI=1S/C15H19N3O2/c1-10-3-4-12-13(9-10)17(2)15(20)18(14(12)19)11-5-7-16-8-6-11/h3-4,9,11,16H,5-8H2,1-2H3. The molecule has 2 aromatic rings. The summed E-state index contributed by atoms with van der Waals surface area (Å²) in [5.41, 5.74) is 1.40. The Hall–Kier alpha value is -1.88. The number of aryl methyl sites for hydroxylation is 2. The van der Waals surface area contributed by atoms with Crippen LogP contribution >= 0.6 is 0 Å². The van der Waals surface area contributed by atoms with Crippen molar-refractivity contribution in [3.8, 4) is 0 Å². The third kappa shape index (κ3) is 1.98. The fourth-order valence-corrected chi connectivity index (χ4v) is 2.97. The van der Waals surface area contributed by atoms with Crippen LogP contribution in [0.1, 0.15) is 24.4 Å². The van der Waals surface area contributed by atoms with Gasteiger partial charge in [-0.15, -0.1) is 0 Å². The van der Waals surface area contributed by atoms with Gasteiger partial charge in [0.1, 0.15) is 0 Å². The van der Waals surface area contributed by atoms with E-state index in [1.165, 1.54) is 4.57 Å². The van der Waals surface area contributed by atoms with Gasteiger partial charge in [-0.3, -0.25) is 13.9 Å². The molecule has 1 aliphatic heterocycles. The van der Waals surface area contributed by atoms with Crippen molar-refractivity contribution >= 4 is 10.9 Å². The number of piperidine rings is 1. The molecule has 2 heterocycles. The SMILES string of the molecule is Cc1ccc2c(=O)n(C3CCNCC3)c(=O)n(C)c2c1. The highest BCUT2D eigenvalue weighted by Crippen LogP contribution is 2.16. The highest BCUT2D eigenvalue weighted by Gasteiger charge is 2.21. The monoisotopic (exact) mass is 273 g/mol. The van der Waals surface area contributed by atoms with E-state index in [1.54, 1.807) is 11.6 Å². The van der Waals surface area contributed by atoms with Gasteiger partial charge in [-0.2, -0.15) is 0 Å². The molecule has 1 aromatic carbocycles. The van der Waals surface area contributed by atoms with Crippen LogP contribution in [0.15, 0.2) is 27.8 Å². The van der Waals surface area contributed by atoms with Crippen LogP contribution in [-0.2, 0) is 7.05 Å². The summed E-state index contributed by atoms with van der Waals surface area (Å²) >= 11 is 0. The number of benzene rings is 1. The summed E-state index contributed by atoms with van der Waals surface area (Å²) in [7, 11) is 1.74. The van der Waals surface area contributed by atoms with Crippen molar-refractivity contribution in [1.29, 1.82) is 0 Å². The molecule has 1 aliphatic rings. The number of aromatic nitrogens is 2. The quantitative estimate of drug-likeness (QED) is 0.841. The Balaban J connectivity index is 2.30. The smallest absolute Gasteiger partial charge is 0.317 e. The van der Waals surface area contributed by atoms with Gasteiger partial charge in [-0.1, -0.05) is 6.07 Å². The zero-order chi connectivity index (χ0) is 14.3. The lowest BCUT2D eigenvalue weighted by atomic mass is 10.1. The Morgan fingerprint density at radius 2 is 1.90 bits per heavy atom. The average molecular weight is 273 g/mol. The van der Waals surface area contributed by atoms with E-state index in [1.807, 2.05) is 25.1 Å². The molecule has 0 amide bonds. The summed E-state index contributed by atoms with van der Waals surface area (Å²) in [5, 5.41) is 3.88. The van der Waals surface area contributed by atoms with Gasteiger partial charge in [0.15, 0.2) is 0 Å². The highest BCUT2D eigenvalue weighted by molar-refractivity contribution is 5.78. The van der Waals surface area contributed by atoms with Crippen LogP contribution in [0.3, 0.4) is 0 Å². The van der Waals surface area contributed by atoms with Crippen molar-refractivity contribution in [3.63, 3.8) is 0 Å².